The van der Waals surface area contributed by atoms with Gasteiger partial charge in [0.1, 0.15) is 0 Å². The molecule has 1 N–H and O–H groups in total. The van der Waals surface area contributed by atoms with Crippen molar-refractivity contribution in [3.8, 4) is 0 Å². The number of carbonyl (C=O) groups excluding carboxylic acids is 1. The van der Waals surface area contributed by atoms with E-state index in [0.29, 0.717) is 11.8 Å². The minimum atomic E-state index is -1.02. The van der Waals surface area contributed by atoms with Crippen LogP contribution in [0, 0.1) is 18.6 Å². The molecule has 128 valence electrons. The molecule has 1 atom stereocenters. The van der Waals surface area contributed by atoms with Crippen molar-refractivity contribution < 1.29 is 18.0 Å². The molecule has 0 fully saturated rings. The highest BCUT2D eigenvalue weighted by Crippen LogP contribution is 2.27. The van der Waals surface area contributed by atoms with E-state index in [4.69, 9.17) is 4.42 Å². The van der Waals surface area contributed by atoms with Gasteiger partial charge in [0.05, 0.1) is 5.92 Å². The summed E-state index contributed by atoms with van der Waals surface area (Å²) in [6.07, 6.45) is 0.0185. The normalized spacial score (nSPS) is 12.0. The van der Waals surface area contributed by atoms with Gasteiger partial charge in [0.2, 0.25) is 17.7 Å². The van der Waals surface area contributed by atoms with Crippen LogP contribution in [0.25, 0.3) is 0 Å². The molecule has 0 radical (unpaired) electrons. The number of amides is 1. The molecule has 0 saturated carbocycles. The van der Waals surface area contributed by atoms with Crippen LogP contribution in [0.3, 0.4) is 0 Å². The average molecular weight is 343 g/mol. The Labute approximate surface area is 142 Å². The largest absolute Gasteiger partial charge is 0.425 e. The molecule has 1 aromatic heterocycles. The summed E-state index contributed by atoms with van der Waals surface area (Å²) in [5.41, 5.74) is 1.02. The zero-order valence-corrected chi connectivity index (χ0v) is 13.4. The second kappa shape index (κ2) is 7.21. The van der Waals surface area contributed by atoms with E-state index in [1.165, 1.54) is 6.07 Å². The predicted octanol–water partition coefficient (Wildman–Crippen LogP) is 3.82. The number of benzene rings is 2. The number of nitrogens with one attached hydrogen (secondary N) is 1. The van der Waals surface area contributed by atoms with Crippen LogP contribution in [0.5, 0.6) is 0 Å². The van der Waals surface area contributed by atoms with E-state index in [0.717, 1.165) is 17.7 Å². The lowest BCUT2D eigenvalue weighted by atomic mass is 9.95. The summed E-state index contributed by atoms with van der Waals surface area (Å²) in [6, 6.07) is 12.5. The van der Waals surface area contributed by atoms with Gasteiger partial charge in [-0.15, -0.1) is 10.2 Å². The third-order valence-corrected chi connectivity index (χ3v) is 3.63. The van der Waals surface area contributed by atoms with Crippen molar-refractivity contribution in [3.63, 3.8) is 0 Å². The van der Waals surface area contributed by atoms with Crippen LogP contribution in [0.1, 0.15) is 29.7 Å². The molecular weight excluding hydrogens is 328 g/mol. The standard InChI is InChI=1S/C18H15F2N3O2/c1-11-22-23-18(25-11)14(12-5-3-2-4-6-12)10-17(24)21-13-7-8-15(19)16(20)9-13/h2-9,14H,10H2,1H3,(H,21,24). The van der Waals surface area contributed by atoms with Crippen molar-refractivity contribution in [3.05, 3.63) is 77.5 Å². The number of aromatic nitrogens is 2. The molecule has 0 saturated heterocycles. The third-order valence-electron chi connectivity index (χ3n) is 3.63. The number of hydrogen-bond donors (Lipinski definition) is 1. The van der Waals surface area contributed by atoms with E-state index >= 15 is 0 Å². The summed E-state index contributed by atoms with van der Waals surface area (Å²) >= 11 is 0. The molecule has 3 aromatic rings. The maximum absolute atomic E-state index is 13.3. The quantitative estimate of drug-likeness (QED) is 0.765. The molecule has 0 aliphatic rings. The maximum Gasteiger partial charge on any atom is 0.225 e. The fourth-order valence-corrected chi connectivity index (χ4v) is 2.46. The van der Waals surface area contributed by atoms with Gasteiger partial charge in [-0.05, 0) is 17.7 Å². The molecular formula is C18H15F2N3O2. The lowest BCUT2D eigenvalue weighted by Gasteiger charge is -2.13. The van der Waals surface area contributed by atoms with Crippen LogP contribution in [-0.2, 0) is 4.79 Å². The number of halogens is 2. The van der Waals surface area contributed by atoms with Gasteiger partial charge < -0.3 is 9.73 Å². The summed E-state index contributed by atoms with van der Waals surface area (Å²) in [5, 5.41) is 10.4. The summed E-state index contributed by atoms with van der Waals surface area (Å²) < 4.78 is 31.7. The van der Waals surface area contributed by atoms with Gasteiger partial charge in [-0.1, -0.05) is 30.3 Å². The van der Waals surface area contributed by atoms with Gasteiger partial charge in [-0.2, -0.15) is 0 Å². The molecule has 0 spiro atoms. The first kappa shape index (κ1) is 16.8. The van der Waals surface area contributed by atoms with Crippen LogP contribution < -0.4 is 5.32 Å². The van der Waals surface area contributed by atoms with E-state index in [9.17, 15) is 13.6 Å². The van der Waals surface area contributed by atoms with Gasteiger partial charge >= 0.3 is 0 Å². The summed E-state index contributed by atoms with van der Waals surface area (Å²) in [4.78, 5) is 12.4. The minimum absolute atomic E-state index is 0.0185. The first-order valence-corrected chi connectivity index (χ1v) is 7.63. The highest BCUT2D eigenvalue weighted by atomic mass is 19.2. The fraction of sp³-hybridized carbons (Fsp3) is 0.167. The molecule has 2 aromatic carbocycles. The first-order chi connectivity index (χ1) is 12.0. The van der Waals surface area contributed by atoms with Crippen LogP contribution in [0.15, 0.2) is 52.9 Å². The number of anilines is 1. The Hall–Kier alpha value is -3.09. The van der Waals surface area contributed by atoms with Crippen LogP contribution in [0.4, 0.5) is 14.5 Å². The zero-order valence-electron chi connectivity index (χ0n) is 13.4. The van der Waals surface area contributed by atoms with E-state index < -0.39 is 17.6 Å². The molecule has 3 rings (SSSR count). The Morgan fingerprint density at radius 1 is 1.12 bits per heavy atom. The van der Waals surface area contributed by atoms with Gasteiger partial charge in [-0.25, -0.2) is 8.78 Å². The van der Waals surface area contributed by atoms with Crippen molar-refractivity contribution in [2.75, 3.05) is 5.32 Å². The Bertz CT molecular complexity index is 881. The van der Waals surface area contributed by atoms with Crippen LogP contribution in [-0.4, -0.2) is 16.1 Å². The maximum atomic E-state index is 13.3. The molecule has 7 heteroatoms. The van der Waals surface area contributed by atoms with Gasteiger partial charge in [0, 0.05) is 25.1 Å². The monoisotopic (exact) mass is 343 g/mol. The van der Waals surface area contributed by atoms with E-state index in [1.54, 1.807) is 6.92 Å². The minimum Gasteiger partial charge on any atom is -0.425 e. The SMILES string of the molecule is Cc1nnc(C(CC(=O)Nc2ccc(F)c(F)c2)c2ccccc2)o1. The van der Waals surface area contributed by atoms with Gasteiger partial charge in [0.25, 0.3) is 0 Å². The van der Waals surface area contributed by atoms with E-state index in [1.807, 2.05) is 30.3 Å². The Kier molecular flexibility index (Phi) is 4.83. The van der Waals surface area contributed by atoms with Crippen molar-refractivity contribution >= 4 is 11.6 Å². The Morgan fingerprint density at radius 2 is 1.88 bits per heavy atom. The van der Waals surface area contributed by atoms with Crippen molar-refractivity contribution in [1.82, 2.24) is 10.2 Å². The molecule has 0 bridgehead atoms. The lowest BCUT2D eigenvalue weighted by molar-refractivity contribution is -0.116. The molecule has 0 aliphatic carbocycles. The van der Waals surface area contributed by atoms with Crippen LogP contribution in [0.2, 0.25) is 0 Å². The zero-order chi connectivity index (χ0) is 17.8. The molecule has 0 aliphatic heterocycles. The molecule has 1 amide bonds. The number of nitrogens with zero attached hydrogens (tertiary/aromatic N) is 2. The fourth-order valence-electron chi connectivity index (χ4n) is 2.46. The Morgan fingerprint density at radius 3 is 2.52 bits per heavy atom. The highest BCUT2D eigenvalue weighted by molar-refractivity contribution is 5.91. The van der Waals surface area contributed by atoms with Gasteiger partial charge in [0.15, 0.2) is 11.6 Å². The topological polar surface area (TPSA) is 68.0 Å². The van der Waals surface area contributed by atoms with Gasteiger partial charge in [-0.3, -0.25) is 4.79 Å². The molecule has 5 nitrogen and oxygen atoms in total. The number of carbonyl (C=O) groups is 1. The lowest BCUT2D eigenvalue weighted by Crippen LogP contribution is -2.17. The number of hydrogen-bond acceptors (Lipinski definition) is 4. The number of aryl methyl sites for hydroxylation is 1. The van der Waals surface area contributed by atoms with Crippen molar-refractivity contribution in [1.29, 1.82) is 0 Å². The second-order valence-corrected chi connectivity index (χ2v) is 5.50. The predicted molar refractivity (Wildman–Crippen MR) is 86.9 cm³/mol. The van der Waals surface area contributed by atoms with E-state index in [-0.39, 0.29) is 18.0 Å². The van der Waals surface area contributed by atoms with Crippen molar-refractivity contribution in [2.24, 2.45) is 0 Å². The Balaban J connectivity index is 1.80. The number of rotatable bonds is 5. The summed E-state index contributed by atoms with van der Waals surface area (Å²) in [5.74, 6) is -2.09. The highest BCUT2D eigenvalue weighted by Gasteiger charge is 2.23. The summed E-state index contributed by atoms with van der Waals surface area (Å²) in [7, 11) is 0. The molecule has 1 heterocycles. The van der Waals surface area contributed by atoms with E-state index in [2.05, 4.69) is 15.5 Å². The third kappa shape index (κ3) is 4.06. The molecule has 1 unspecified atom stereocenters. The van der Waals surface area contributed by atoms with Crippen molar-refractivity contribution in [2.45, 2.75) is 19.3 Å². The average Bonchev–Trinajstić information content (AvgIpc) is 3.03. The summed E-state index contributed by atoms with van der Waals surface area (Å²) in [6.45, 7) is 1.67. The second-order valence-electron chi connectivity index (χ2n) is 5.50. The smallest absolute Gasteiger partial charge is 0.225 e. The molecule has 25 heavy (non-hydrogen) atoms. The van der Waals surface area contributed by atoms with Crippen LogP contribution >= 0.6 is 0 Å². The first-order valence-electron chi connectivity index (χ1n) is 7.63.